The molecule has 2 heterocycles. The quantitative estimate of drug-likeness (QED) is 0.873. The lowest BCUT2D eigenvalue weighted by Gasteiger charge is -2.32. The van der Waals surface area contributed by atoms with Crippen LogP contribution in [0.2, 0.25) is 0 Å². The smallest absolute Gasteiger partial charge is 0.469 e. The van der Waals surface area contributed by atoms with Crippen LogP contribution in [0.3, 0.4) is 0 Å². The summed E-state index contributed by atoms with van der Waals surface area (Å²) in [4.78, 5) is 11.3. The lowest BCUT2D eigenvalue weighted by Crippen LogP contribution is -2.41. The van der Waals surface area contributed by atoms with Crippen molar-refractivity contribution in [3.63, 3.8) is 0 Å². The van der Waals surface area contributed by atoms with Gasteiger partial charge in [-0.2, -0.15) is 0 Å². The summed E-state index contributed by atoms with van der Waals surface area (Å²) >= 11 is 0. The zero-order valence-corrected chi connectivity index (χ0v) is 13.8. The van der Waals surface area contributed by atoms with Crippen LogP contribution in [0, 0.1) is 0 Å². The van der Waals surface area contributed by atoms with Crippen molar-refractivity contribution in [2.75, 3.05) is 0 Å². The van der Waals surface area contributed by atoms with Gasteiger partial charge in [-0.15, -0.1) is 0 Å². The number of hydrogen-bond acceptors (Lipinski definition) is 4. The second kappa shape index (κ2) is 5.39. The number of carbonyl (C=O) groups is 1. The molecule has 3 rings (SSSR count). The number of carboxylic acids is 1. The van der Waals surface area contributed by atoms with E-state index in [9.17, 15) is 9.90 Å². The first-order chi connectivity index (χ1) is 10.7. The summed E-state index contributed by atoms with van der Waals surface area (Å²) in [6, 6.07) is 9.47. The zero-order valence-electron chi connectivity index (χ0n) is 13.8. The van der Waals surface area contributed by atoms with Crippen LogP contribution in [-0.2, 0) is 14.1 Å². The first kappa shape index (κ1) is 16.1. The van der Waals surface area contributed by atoms with Crippen LogP contribution in [0.15, 0.2) is 34.7 Å². The Balaban J connectivity index is 1.97. The summed E-state index contributed by atoms with van der Waals surface area (Å²) in [6.07, 6.45) is -0.114. The highest BCUT2D eigenvalue weighted by Crippen LogP contribution is 2.42. The molecule has 1 aliphatic rings. The Hall–Kier alpha value is -1.79. The highest BCUT2D eigenvalue weighted by Gasteiger charge is 2.55. The fourth-order valence-electron chi connectivity index (χ4n) is 2.76. The van der Waals surface area contributed by atoms with E-state index in [1.807, 2.05) is 58.0 Å². The van der Waals surface area contributed by atoms with Gasteiger partial charge in [0.1, 0.15) is 11.3 Å². The maximum Gasteiger partial charge on any atom is 0.469 e. The van der Waals surface area contributed by atoms with Gasteiger partial charge in [0.15, 0.2) is 0 Å². The predicted octanol–water partition coefficient (Wildman–Crippen LogP) is 3.62. The molecule has 2 aromatic rings. The Labute approximate surface area is 135 Å². The van der Waals surface area contributed by atoms with Crippen LogP contribution in [0.5, 0.6) is 0 Å². The molecular formula is C17H21BO5. The van der Waals surface area contributed by atoms with Crippen molar-refractivity contribution in [3.8, 4) is 0 Å². The molecule has 0 aliphatic carbocycles. The first-order valence-corrected chi connectivity index (χ1v) is 7.75. The highest BCUT2D eigenvalue weighted by molar-refractivity contribution is 6.48. The lowest BCUT2D eigenvalue weighted by molar-refractivity contribution is -0.137. The molecule has 1 fully saturated rings. The van der Waals surface area contributed by atoms with Gasteiger partial charge >= 0.3 is 13.1 Å². The standard InChI is InChI=1S/C17H21BO5/c1-16(2)17(3,4)23-18(22-16)12(10-15(19)20)14-9-11-7-5-6-8-13(11)21-14/h5-9,12H,10H2,1-4H3,(H,19,20). The number of furan rings is 1. The molecule has 5 nitrogen and oxygen atoms in total. The maximum absolute atomic E-state index is 11.3. The summed E-state index contributed by atoms with van der Waals surface area (Å²) in [5.74, 6) is -0.835. The van der Waals surface area contributed by atoms with Gasteiger partial charge in [0.2, 0.25) is 0 Å². The van der Waals surface area contributed by atoms with Gasteiger partial charge in [-0.25, -0.2) is 0 Å². The topological polar surface area (TPSA) is 68.9 Å². The molecule has 1 aliphatic heterocycles. The number of para-hydroxylation sites is 1. The SMILES string of the molecule is CC1(C)OB(C(CC(=O)O)c2cc3ccccc3o2)OC1(C)C. The largest absolute Gasteiger partial charge is 0.481 e. The number of rotatable bonds is 4. The molecule has 1 unspecified atom stereocenters. The summed E-state index contributed by atoms with van der Waals surface area (Å²) in [5.41, 5.74) is -0.296. The van der Waals surface area contributed by atoms with E-state index >= 15 is 0 Å². The fourth-order valence-corrected chi connectivity index (χ4v) is 2.76. The average Bonchev–Trinajstić information content (AvgIpc) is 2.94. The molecule has 6 heteroatoms. The van der Waals surface area contributed by atoms with E-state index in [0.717, 1.165) is 11.0 Å². The molecule has 122 valence electrons. The second-order valence-electron chi connectivity index (χ2n) is 7.02. The van der Waals surface area contributed by atoms with Gasteiger partial charge in [-0.3, -0.25) is 4.79 Å². The van der Waals surface area contributed by atoms with Crippen molar-refractivity contribution in [1.82, 2.24) is 0 Å². The molecule has 1 atom stereocenters. The van der Waals surface area contributed by atoms with E-state index in [4.69, 9.17) is 13.7 Å². The molecule has 0 bridgehead atoms. The summed E-state index contributed by atoms with van der Waals surface area (Å²) in [6.45, 7) is 7.79. The minimum atomic E-state index is -0.912. The van der Waals surface area contributed by atoms with Crippen molar-refractivity contribution in [1.29, 1.82) is 0 Å². The van der Waals surface area contributed by atoms with E-state index in [-0.39, 0.29) is 6.42 Å². The molecule has 0 saturated carbocycles. The van der Waals surface area contributed by atoms with Crippen LogP contribution in [-0.4, -0.2) is 29.4 Å². The Morgan fingerprint density at radius 2 is 1.78 bits per heavy atom. The first-order valence-electron chi connectivity index (χ1n) is 7.75. The zero-order chi connectivity index (χ0) is 16.8. The third-order valence-corrected chi connectivity index (χ3v) is 4.80. The Bertz CT molecular complexity index is 684. The maximum atomic E-state index is 11.3. The number of benzene rings is 1. The average molecular weight is 316 g/mol. The van der Waals surface area contributed by atoms with Crippen LogP contribution < -0.4 is 0 Å². The van der Waals surface area contributed by atoms with Crippen molar-refractivity contribution < 1.29 is 23.6 Å². The molecule has 0 amide bonds. The van der Waals surface area contributed by atoms with Crippen LogP contribution in [0.4, 0.5) is 0 Å². The third kappa shape index (κ3) is 2.89. The van der Waals surface area contributed by atoms with E-state index in [1.165, 1.54) is 0 Å². The number of carboxylic acid groups (broad SMARTS) is 1. The second-order valence-corrected chi connectivity index (χ2v) is 7.02. The summed E-state index contributed by atoms with van der Waals surface area (Å²) in [7, 11) is -0.656. The number of hydrogen-bond donors (Lipinski definition) is 1. The van der Waals surface area contributed by atoms with E-state index in [0.29, 0.717) is 5.76 Å². The molecule has 1 aromatic carbocycles. The van der Waals surface area contributed by atoms with Gasteiger partial charge < -0.3 is 18.8 Å². The Morgan fingerprint density at radius 3 is 2.35 bits per heavy atom. The van der Waals surface area contributed by atoms with E-state index < -0.39 is 30.1 Å². The Kier molecular flexibility index (Phi) is 3.77. The van der Waals surface area contributed by atoms with Crippen LogP contribution >= 0.6 is 0 Å². The normalized spacial score (nSPS) is 20.8. The molecule has 1 saturated heterocycles. The van der Waals surface area contributed by atoms with Gasteiger partial charge in [0, 0.05) is 5.39 Å². The van der Waals surface area contributed by atoms with E-state index in [2.05, 4.69) is 0 Å². The highest BCUT2D eigenvalue weighted by atomic mass is 16.7. The molecule has 0 spiro atoms. The minimum Gasteiger partial charge on any atom is -0.481 e. The van der Waals surface area contributed by atoms with Crippen LogP contribution in [0.1, 0.15) is 45.7 Å². The van der Waals surface area contributed by atoms with Crippen molar-refractivity contribution >= 4 is 24.1 Å². The van der Waals surface area contributed by atoms with Gasteiger partial charge in [-0.1, -0.05) is 18.2 Å². The fraction of sp³-hybridized carbons (Fsp3) is 0.471. The molecule has 23 heavy (non-hydrogen) atoms. The molecular weight excluding hydrogens is 295 g/mol. The van der Waals surface area contributed by atoms with Gasteiger partial charge in [-0.05, 0) is 39.8 Å². The predicted molar refractivity (Wildman–Crippen MR) is 87.3 cm³/mol. The molecule has 1 N–H and O–H groups in total. The van der Waals surface area contributed by atoms with Gasteiger partial charge in [0.05, 0.1) is 23.4 Å². The molecule has 0 radical (unpaired) electrons. The van der Waals surface area contributed by atoms with E-state index in [1.54, 1.807) is 0 Å². The summed E-state index contributed by atoms with van der Waals surface area (Å²) in [5, 5.41) is 10.2. The van der Waals surface area contributed by atoms with Crippen LogP contribution in [0.25, 0.3) is 11.0 Å². The lowest BCUT2D eigenvalue weighted by atomic mass is 9.68. The minimum absolute atomic E-state index is 0.114. The van der Waals surface area contributed by atoms with Crippen molar-refractivity contribution in [2.24, 2.45) is 0 Å². The monoisotopic (exact) mass is 316 g/mol. The van der Waals surface area contributed by atoms with Crippen molar-refractivity contribution in [2.45, 2.75) is 51.1 Å². The van der Waals surface area contributed by atoms with Crippen molar-refractivity contribution in [3.05, 3.63) is 36.1 Å². The molecule has 1 aromatic heterocycles. The summed E-state index contributed by atoms with van der Waals surface area (Å²) < 4.78 is 17.9. The van der Waals surface area contributed by atoms with Gasteiger partial charge in [0.25, 0.3) is 0 Å². The number of aliphatic carboxylic acids is 1. The Morgan fingerprint density at radius 1 is 1.17 bits per heavy atom. The third-order valence-electron chi connectivity index (χ3n) is 4.80. The number of fused-ring (bicyclic) bond motifs is 1.